The van der Waals surface area contributed by atoms with Gasteiger partial charge in [-0.2, -0.15) is 0 Å². The van der Waals surface area contributed by atoms with E-state index in [9.17, 15) is 0 Å². The van der Waals surface area contributed by atoms with Crippen molar-refractivity contribution < 1.29 is 4.42 Å². The number of furan rings is 1. The lowest BCUT2D eigenvalue weighted by Gasteiger charge is -2.32. The standard InChI is InChI=1S/C45H31N3OS2/c1-2-10-26(11-3-1)43-46-44(28-20-22-38-35(25-28)30-12-4-6-18-37(30)49-38)48-45(47-43)34-17-9-16-33-36-24-27(21-23-40(36)51-42(33)34)29-14-8-15-32-31-13-5-7-19-39(31)50-41(29)32/h1-6,8-18,20-25,43-44,46H,7,19H2,(H,47,48). The van der Waals surface area contributed by atoms with Gasteiger partial charge in [-0.25, -0.2) is 4.99 Å². The molecular weight excluding hydrogens is 663 g/mol. The molecule has 1 aliphatic heterocycles. The topological polar surface area (TPSA) is 49.6 Å². The molecule has 4 nitrogen and oxygen atoms in total. The molecule has 2 unspecified atom stereocenters. The number of thiophene rings is 2. The fraction of sp³-hybridized carbons (Fsp3) is 0.0889. The van der Waals surface area contributed by atoms with E-state index in [-0.39, 0.29) is 12.3 Å². The van der Waals surface area contributed by atoms with Crippen LogP contribution >= 0.6 is 22.7 Å². The van der Waals surface area contributed by atoms with E-state index < -0.39 is 0 Å². The summed E-state index contributed by atoms with van der Waals surface area (Å²) in [6.07, 6.45) is 6.52. The van der Waals surface area contributed by atoms with Crippen molar-refractivity contribution in [3.8, 4) is 11.1 Å². The second-order valence-corrected chi connectivity index (χ2v) is 15.6. The van der Waals surface area contributed by atoms with Crippen molar-refractivity contribution in [2.75, 3.05) is 0 Å². The van der Waals surface area contributed by atoms with Crippen LogP contribution in [0.4, 0.5) is 0 Å². The third-order valence-corrected chi connectivity index (χ3v) is 13.0. The average molecular weight is 694 g/mol. The normalized spacial score (nSPS) is 17.4. The van der Waals surface area contributed by atoms with E-state index in [2.05, 4.69) is 138 Å². The predicted molar refractivity (Wildman–Crippen MR) is 216 cm³/mol. The van der Waals surface area contributed by atoms with Crippen LogP contribution in [0, 0.1) is 0 Å². The Labute approximate surface area is 302 Å². The van der Waals surface area contributed by atoms with Crippen molar-refractivity contribution in [3.63, 3.8) is 0 Å². The molecule has 11 rings (SSSR count). The molecule has 2 aliphatic rings. The number of aryl methyl sites for hydroxylation is 1. The minimum atomic E-state index is -0.257. The van der Waals surface area contributed by atoms with Gasteiger partial charge in [-0.1, -0.05) is 103 Å². The summed E-state index contributed by atoms with van der Waals surface area (Å²) in [5, 5.41) is 13.7. The largest absolute Gasteiger partial charge is 0.456 e. The van der Waals surface area contributed by atoms with Crippen LogP contribution in [0.2, 0.25) is 0 Å². The first-order chi connectivity index (χ1) is 25.2. The number of hydrogen-bond donors (Lipinski definition) is 2. The lowest BCUT2D eigenvalue weighted by molar-refractivity contribution is 0.409. The second-order valence-electron chi connectivity index (χ2n) is 13.4. The van der Waals surface area contributed by atoms with Gasteiger partial charge in [0.15, 0.2) is 0 Å². The molecule has 0 fully saturated rings. The number of aliphatic imine (C=N–C) groups is 1. The lowest BCUT2D eigenvalue weighted by atomic mass is 9.98. The van der Waals surface area contributed by atoms with E-state index in [1.807, 2.05) is 34.8 Å². The highest BCUT2D eigenvalue weighted by Crippen LogP contribution is 2.44. The first-order valence-corrected chi connectivity index (χ1v) is 19.1. The summed E-state index contributed by atoms with van der Waals surface area (Å²) in [5.74, 6) is 0.893. The summed E-state index contributed by atoms with van der Waals surface area (Å²) in [6.45, 7) is 0. The van der Waals surface area contributed by atoms with E-state index in [0.717, 1.165) is 57.3 Å². The Bertz CT molecular complexity index is 2890. The number of nitrogens with one attached hydrogen (secondary N) is 2. The lowest BCUT2D eigenvalue weighted by Crippen LogP contribution is -2.44. The SMILES string of the molecule is C1=Cc2c(sc3c(-c4ccc5sc6c(C7=NC(c8ccc9oc%10ccccc%10c9c8)NC(c8ccccc8)N7)cccc6c5c4)cccc23)CC1. The highest BCUT2D eigenvalue weighted by molar-refractivity contribution is 7.26. The van der Waals surface area contributed by atoms with E-state index in [0.29, 0.717) is 0 Å². The van der Waals surface area contributed by atoms with Crippen LogP contribution in [-0.2, 0) is 6.42 Å². The zero-order chi connectivity index (χ0) is 33.5. The van der Waals surface area contributed by atoms with E-state index in [1.165, 1.54) is 51.8 Å². The monoisotopic (exact) mass is 693 g/mol. The summed E-state index contributed by atoms with van der Waals surface area (Å²) in [6, 6.07) is 45.7. The van der Waals surface area contributed by atoms with Crippen LogP contribution < -0.4 is 10.6 Å². The van der Waals surface area contributed by atoms with Crippen molar-refractivity contribution in [1.82, 2.24) is 10.6 Å². The van der Waals surface area contributed by atoms with Gasteiger partial charge in [0, 0.05) is 51.5 Å². The third kappa shape index (κ3) is 4.71. The van der Waals surface area contributed by atoms with Crippen molar-refractivity contribution in [3.05, 3.63) is 161 Å². The molecule has 0 radical (unpaired) electrons. The maximum Gasteiger partial charge on any atom is 0.135 e. The van der Waals surface area contributed by atoms with Gasteiger partial charge in [-0.3, -0.25) is 5.32 Å². The van der Waals surface area contributed by atoms with E-state index in [1.54, 1.807) is 0 Å². The summed E-state index contributed by atoms with van der Waals surface area (Å²) < 4.78 is 10.1. The molecule has 9 aromatic rings. The molecule has 3 aromatic heterocycles. The van der Waals surface area contributed by atoms with Crippen molar-refractivity contribution >= 4 is 86.8 Å². The second kappa shape index (κ2) is 11.5. The van der Waals surface area contributed by atoms with Gasteiger partial charge in [0.25, 0.3) is 0 Å². The Morgan fingerprint density at radius 1 is 0.627 bits per heavy atom. The Morgan fingerprint density at radius 3 is 2.37 bits per heavy atom. The zero-order valence-corrected chi connectivity index (χ0v) is 29.2. The predicted octanol–water partition coefficient (Wildman–Crippen LogP) is 12.1. The minimum Gasteiger partial charge on any atom is -0.456 e. The third-order valence-electron chi connectivity index (χ3n) is 10.4. The van der Waals surface area contributed by atoms with Crippen LogP contribution in [0.1, 0.15) is 45.9 Å². The number of para-hydroxylation sites is 1. The molecule has 1 aliphatic carbocycles. The first-order valence-electron chi connectivity index (χ1n) is 17.5. The summed E-state index contributed by atoms with van der Waals surface area (Å²) in [7, 11) is 0. The fourth-order valence-electron chi connectivity index (χ4n) is 7.95. The van der Waals surface area contributed by atoms with Gasteiger partial charge in [0.2, 0.25) is 0 Å². The maximum absolute atomic E-state index is 6.16. The molecule has 6 heteroatoms. The first kappa shape index (κ1) is 29.2. The molecule has 0 spiro atoms. The number of nitrogens with zero attached hydrogens (tertiary/aromatic N) is 1. The molecule has 6 aromatic carbocycles. The van der Waals surface area contributed by atoms with E-state index >= 15 is 0 Å². The van der Waals surface area contributed by atoms with Crippen LogP contribution in [0.5, 0.6) is 0 Å². The highest BCUT2D eigenvalue weighted by atomic mass is 32.1. The Balaban J connectivity index is 1.04. The van der Waals surface area contributed by atoms with E-state index in [4.69, 9.17) is 9.41 Å². The van der Waals surface area contributed by atoms with Crippen molar-refractivity contribution in [2.24, 2.45) is 4.99 Å². The summed E-state index contributed by atoms with van der Waals surface area (Å²) >= 11 is 3.82. The fourth-order valence-corrected chi connectivity index (χ4v) is 10.5. The Kier molecular flexibility index (Phi) is 6.59. The zero-order valence-electron chi connectivity index (χ0n) is 27.5. The molecule has 4 heterocycles. The Hall–Kier alpha value is -5.53. The van der Waals surface area contributed by atoms with Crippen LogP contribution in [-0.4, -0.2) is 5.84 Å². The van der Waals surface area contributed by atoms with Gasteiger partial charge in [0.1, 0.15) is 29.3 Å². The molecule has 244 valence electrons. The van der Waals surface area contributed by atoms with Crippen LogP contribution in [0.3, 0.4) is 0 Å². The van der Waals surface area contributed by atoms with Gasteiger partial charge in [-0.15, -0.1) is 22.7 Å². The number of hydrogen-bond acceptors (Lipinski definition) is 6. The highest BCUT2D eigenvalue weighted by Gasteiger charge is 2.27. The number of amidine groups is 1. The average Bonchev–Trinajstić information content (AvgIpc) is 3.89. The molecular formula is C45H31N3OS2. The van der Waals surface area contributed by atoms with Crippen LogP contribution in [0.25, 0.3) is 69.4 Å². The Morgan fingerprint density at radius 2 is 1.43 bits per heavy atom. The number of allylic oxidation sites excluding steroid dienone is 1. The van der Waals surface area contributed by atoms with Gasteiger partial charge >= 0.3 is 0 Å². The summed E-state index contributed by atoms with van der Waals surface area (Å²) in [4.78, 5) is 6.89. The van der Waals surface area contributed by atoms with Crippen LogP contribution in [0.15, 0.2) is 143 Å². The molecule has 0 saturated carbocycles. The summed E-state index contributed by atoms with van der Waals surface area (Å²) in [5.41, 5.74) is 9.17. The quantitative estimate of drug-likeness (QED) is 0.193. The molecule has 0 bridgehead atoms. The van der Waals surface area contributed by atoms with Gasteiger partial charge in [0.05, 0.1) is 0 Å². The molecule has 0 saturated heterocycles. The van der Waals surface area contributed by atoms with Crippen molar-refractivity contribution in [1.29, 1.82) is 0 Å². The maximum atomic E-state index is 6.16. The molecule has 51 heavy (non-hydrogen) atoms. The van der Waals surface area contributed by atoms with Gasteiger partial charge < -0.3 is 9.73 Å². The van der Waals surface area contributed by atoms with Gasteiger partial charge in [-0.05, 0) is 77.1 Å². The molecule has 2 atom stereocenters. The molecule has 0 amide bonds. The number of rotatable bonds is 4. The molecule has 2 N–H and O–H groups in total. The minimum absolute atomic E-state index is 0.122. The van der Waals surface area contributed by atoms with Crippen molar-refractivity contribution in [2.45, 2.75) is 25.2 Å². The number of benzene rings is 6. The smallest absolute Gasteiger partial charge is 0.135 e. The number of fused-ring (bicyclic) bond motifs is 9.